The van der Waals surface area contributed by atoms with E-state index in [4.69, 9.17) is 0 Å². The molecule has 22 heavy (non-hydrogen) atoms. The van der Waals surface area contributed by atoms with E-state index in [2.05, 4.69) is 15.4 Å². The van der Waals surface area contributed by atoms with Crippen LogP contribution < -0.4 is 15.4 Å². The molecule has 1 amide bonds. The third kappa shape index (κ3) is 4.73. The summed E-state index contributed by atoms with van der Waals surface area (Å²) < 4.78 is 28.9. The van der Waals surface area contributed by atoms with Gasteiger partial charge in [0.15, 0.2) is 0 Å². The van der Waals surface area contributed by atoms with Crippen LogP contribution in [0.3, 0.4) is 0 Å². The van der Waals surface area contributed by atoms with Crippen molar-refractivity contribution in [2.24, 2.45) is 0 Å². The summed E-state index contributed by atoms with van der Waals surface area (Å²) in [7, 11) is 0. The third-order valence-electron chi connectivity index (χ3n) is 2.88. The molecule has 2 aromatic carbocycles. The van der Waals surface area contributed by atoms with Gasteiger partial charge < -0.3 is 15.4 Å². The van der Waals surface area contributed by atoms with Crippen LogP contribution in [0, 0.1) is 6.92 Å². The molecule has 2 aromatic rings. The van der Waals surface area contributed by atoms with E-state index in [1.807, 2.05) is 31.2 Å². The molecule has 2 N–H and O–H groups in total. The number of hydrogen-bond acceptors (Lipinski definition) is 3. The van der Waals surface area contributed by atoms with Gasteiger partial charge in [-0.05, 0) is 31.2 Å². The largest absolute Gasteiger partial charge is 0.433 e. The Morgan fingerprint density at radius 2 is 1.82 bits per heavy atom. The summed E-state index contributed by atoms with van der Waals surface area (Å²) in [6, 6.07) is 13.6. The minimum atomic E-state index is -2.94. The summed E-state index contributed by atoms with van der Waals surface area (Å²) >= 11 is 0. The molecule has 0 atom stereocenters. The fourth-order valence-corrected chi connectivity index (χ4v) is 1.82. The SMILES string of the molecule is Cc1ccc(NCC(=O)Nc2ccccc2OC(F)F)cc1. The third-order valence-corrected chi connectivity index (χ3v) is 2.88. The maximum absolute atomic E-state index is 12.3. The molecule has 4 nitrogen and oxygen atoms in total. The van der Waals surface area contributed by atoms with Gasteiger partial charge >= 0.3 is 6.61 Å². The van der Waals surface area contributed by atoms with Crippen LogP contribution in [0.5, 0.6) is 5.75 Å². The lowest BCUT2D eigenvalue weighted by Gasteiger charge is -2.12. The maximum atomic E-state index is 12.3. The fraction of sp³-hybridized carbons (Fsp3) is 0.188. The van der Waals surface area contributed by atoms with Crippen LogP contribution in [-0.4, -0.2) is 19.1 Å². The Hall–Kier alpha value is -2.63. The van der Waals surface area contributed by atoms with Crippen molar-refractivity contribution in [1.29, 1.82) is 0 Å². The van der Waals surface area contributed by atoms with Gasteiger partial charge in [0.05, 0.1) is 12.2 Å². The number of amides is 1. The molecule has 0 radical (unpaired) electrons. The van der Waals surface area contributed by atoms with E-state index in [-0.39, 0.29) is 23.9 Å². The molecule has 6 heteroatoms. The van der Waals surface area contributed by atoms with Gasteiger partial charge in [-0.15, -0.1) is 0 Å². The lowest BCUT2D eigenvalue weighted by Crippen LogP contribution is -2.22. The molecule has 0 aliphatic rings. The number of nitrogens with one attached hydrogen (secondary N) is 2. The lowest BCUT2D eigenvalue weighted by atomic mass is 10.2. The van der Waals surface area contributed by atoms with Gasteiger partial charge in [-0.3, -0.25) is 4.79 Å². The zero-order chi connectivity index (χ0) is 15.9. The number of aryl methyl sites for hydroxylation is 1. The highest BCUT2D eigenvalue weighted by atomic mass is 19.3. The van der Waals surface area contributed by atoms with Gasteiger partial charge in [0.1, 0.15) is 5.75 Å². The van der Waals surface area contributed by atoms with Gasteiger partial charge in [-0.1, -0.05) is 29.8 Å². The molecule has 0 aromatic heterocycles. The van der Waals surface area contributed by atoms with E-state index in [0.717, 1.165) is 11.3 Å². The number of benzene rings is 2. The van der Waals surface area contributed by atoms with Gasteiger partial charge in [0.2, 0.25) is 5.91 Å². The van der Waals surface area contributed by atoms with Gasteiger partial charge in [-0.25, -0.2) is 0 Å². The normalized spacial score (nSPS) is 10.4. The number of hydrogen-bond donors (Lipinski definition) is 2. The highest BCUT2D eigenvalue weighted by Crippen LogP contribution is 2.25. The minimum Gasteiger partial charge on any atom is -0.433 e. The van der Waals surface area contributed by atoms with E-state index in [0.29, 0.717) is 0 Å². The van der Waals surface area contributed by atoms with Crippen LogP contribution in [0.25, 0.3) is 0 Å². The van der Waals surface area contributed by atoms with Crippen molar-refractivity contribution >= 4 is 17.3 Å². The van der Waals surface area contributed by atoms with Gasteiger partial charge in [0, 0.05) is 5.69 Å². The Kier molecular flexibility index (Phi) is 5.30. The van der Waals surface area contributed by atoms with Crippen molar-refractivity contribution in [2.45, 2.75) is 13.5 Å². The number of anilines is 2. The predicted octanol–water partition coefficient (Wildman–Crippen LogP) is 3.65. The standard InChI is InChI=1S/C16H16F2N2O2/c1-11-6-8-12(9-7-11)19-10-15(21)20-13-4-2-3-5-14(13)22-16(17)18/h2-9,16,19H,10H2,1H3,(H,20,21). The Bertz CT molecular complexity index is 630. The smallest absolute Gasteiger partial charge is 0.387 e. The number of alkyl halides is 2. The molecule has 0 heterocycles. The average molecular weight is 306 g/mol. The van der Waals surface area contributed by atoms with Crippen LogP contribution in [0.2, 0.25) is 0 Å². The molecule has 0 bridgehead atoms. The average Bonchev–Trinajstić information content (AvgIpc) is 2.48. The minimum absolute atomic E-state index is 0.0199. The van der Waals surface area contributed by atoms with Crippen molar-refractivity contribution in [2.75, 3.05) is 17.2 Å². The number of carbonyl (C=O) groups is 1. The molecule has 0 aliphatic heterocycles. The summed E-state index contributed by atoms with van der Waals surface area (Å²) in [5, 5.41) is 5.49. The monoisotopic (exact) mass is 306 g/mol. The number of para-hydroxylation sites is 2. The Labute approximate surface area is 127 Å². The zero-order valence-corrected chi connectivity index (χ0v) is 12.0. The Morgan fingerprint density at radius 3 is 2.50 bits per heavy atom. The molecule has 0 spiro atoms. The van der Waals surface area contributed by atoms with Crippen molar-refractivity contribution in [3.8, 4) is 5.75 Å². The van der Waals surface area contributed by atoms with Crippen LogP contribution >= 0.6 is 0 Å². The van der Waals surface area contributed by atoms with E-state index < -0.39 is 6.61 Å². The lowest BCUT2D eigenvalue weighted by molar-refractivity contribution is -0.114. The number of carbonyl (C=O) groups excluding carboxylic acids is 1. The second kappa shape index (κ2) is 7.40. The summed E-state index contributed by atoms with van der Waals surface area (Å²) in [6.07, 6.45) is 0. The zero-order valence-electron chi connectivity index (χ0n) is 12.0. The molecular weight excluding hydrogens is 290 g/mol. The highest BCUT2D eigenvalue weighted by molar-refractivity contribution is 5.95. The van der Waals surface area contributed by atoms with Crippen LogP contribution in [0.15, 0.2) is 48.5 Å². The first-order valence-electron chi connectivity index (χ1n) is 6.69. The predicted molar refractivity (Wildman–Crippen MR) is 81.4 cm³/mol. The first-order chi connectivity index (χ1) is 10.5. The van der Waals surface area contributed by atoms with E-state index in [1.54, 1.807) is 12.1 Å². The maximum Gasteiger partial charge on any atom is 0.387 e. The second-order valence-electron chi connectivity index (χ2n) is 4.64. The van der Waals surface area contributed by atoms with E-state index >= 15 is 0 Å². The summed E-state index contributed by atoms with van der Waals surface area (Å²) in [5.41, 5.74) is 2.13. The number of ether oxygens (including phenoxy) is 1. The fourth-order valence-electron chi connectivity index (χ4n) is 1.82. The topological polar surface area (TPSA) is 50.4 Å². The van der Waals surface area contributed by atoms with Crippen LogP contribution in [0.1, 0.15) is 5.56 Å². The quantitative estimate of drug-likeness (QED) is 0.856. The van der Waals surface area contributed by atoms with Crippen molar-refractivity contribution in [3.63, 3.8) is 0 Å². The van der Waals surface area contributed by atoms with E-state index in [1.165, 1.54) is 12.1 Å². The molecule has 2 rings (SSSR count). The molecule has 0 saturated carbocycles. The summed E-state index contributed by atoms with van der Waals surface area (Å²) in [4.78, 5) is 11.9. The summed E-state index contributed by atoms with van der Waals surface area (Å²) in [6.45, 7) is -0.952. The van der Waals surface area contributed by atoms with Gasteiger partial charge in [-0.2, -0.15) is 8.78 Å². The van der Waals surface area contributed by atoms with Crippen LogP contribution in [0.4, 0.5) is 20.2 Å². The van der Waals surface area contributed by atoms with E-state index in [9.17, 15) is 13.6 Å². The second-order valence-corrected chi connectivity index (χ2v) is 4.64. The molecule has 116 valence electrons. The molecule has 0 unspecified atom stereocenters. The van der Waals surface area contributed by atoms with Gasteiger partial charge in [0.25, 0.3) is 0 Å². The molecule has 0 saturated heterocycles. The van der Waals surface area contributed by atoms with Crippen molar-refractivity contribution in [1.82, 2.24) is 0 Å². The molecular formula is C16H16F2N2O2. The Morgan fingerprint density at radius 1 is 1.14 bits per heavy atom. The summed E-state index contributed by atoms with van der Waals surface area (Å²) in [5.74, 6) is -0.424. The number of halogens is 2. The first-order valence-corrected chi connectivity index (χ1v) is 6.69. The Balaban J connectivity index is 1.93. The molecule has 0 fully saturated rings. The molecule has 0 aliphatic carbocycles. The van der Waals surface area contributed by atoms with Crippen molar-refractivity contribution in [3.05, 3.63) is 54.1 Å². The van der Waals surface area contributed by atoms with Crippen molar-refractivity contribution < 1.29 is 18.3 Å². The number of rotatable bonds is 6. The first kappa shape index (κ1) is 15.8. The highest BCUT2D eigenvalue weighted by Gasteiger charge is 2.11. The van der Waals surface area contributed by atoms with Crippen LogP contribution in [-0.2, 0) is 4.79 Å².